The standard InChI is InChI=1S/C25H27N3O2/c1-24-14-27(13-18-8-4-3-5-9-18)15-25(2,23(24)30)17-28(16-24)22(29)20-12-26-21-11-7-6-10-19(20)21/h3-12,26H,13-17H2,1-2H3/t24-,25-/m1/s1. The fourth-order valence-electron chi connectivity index (χ4n) is 5.57. The molecule has 5 rings (SSSR count). The van der Waals surface area contributed by atoms with Gasteiger partial charge in [0.05, 0.1) is 16.4 Å². The Morgan fingerprint density at radius 2 is 1.57 bits per heavy atom. The number of nitrogens with zero attached hydrogens (tertiary/aromatic N) is 2. The number of nitrogens with one attached hydrogen (secondary N) is 1. The largest absolute Gasteiger partial charge is 0.360 e. The molecule has 3 aromatic rings. The highest BCUT2D eigenvalue weighted by Crippen LogP contribution is 2.43. The Morgan fingerprint density at radius 3 is 2.27 bits per heavy atom. The average molecular weight is 402 g/mol. The van der Waals surface area contributed by atoms with Crippen molar-refractivity contribution in [2.75, 3.05) is 26.2 Å². The smallest absolute Gasteiger partial charge is 0.256 e. The summed E-state index contributed by atoms with van der Waals surface area (Å²) in [5.74, 6) is 0.302. The predicted octanol–water partition coefficient (Wildman–Crippen LogP) is 3.72. The van der Waals surface area contributed by atoms with E-state index in [1.165, 1.54) is 5.56 Å². The molecule has 2 aliphatic heterocycles. The van der Waals surface area contributed by atoms with Gasteiger partial charge in [0.15, 0.2) is 5.78 Å². The predicted molar refractivity (Wildman–Crippen MR) is 117 cm³/mol. The molecule has 5 heteroatoms. The van der Waals surface area contributed by atoms with Gasteiger partial charge in [-0.2, -0.15) is 0 Å². The van der Waals surface area contributed by atoms with Crippen LogP contribution in [-0.4, -0.2) is 52.7 Å². The van der Waals surface area contributed by atoms with Crippen LogP contribution in [-0.2, 0) is 11.3 Å². The number of benzene rings is 2. The van der Waals surface area contributed by atoms with Crippen molar-refractivity contribution in [3.8, 4) is 0 Å². The Hall–Kier alpha value is -2.92. The molecule has 5 nitrogen and oxygen atoms in total. The number of aromatic nitrogens is 1. The van der Waals surface area contributed by atoms with E-state index in [4.69, 9.17) is 0 Å². The number of likely N-dealkylation sites (tertiary alicyclic amines) is 2. The second-order valence-corrected chi connectivity index (χ2v) is 9.49. The van der Waals surface area contributed by atoms with Gasteiger partial charge in [0.25, 0.3) is 5.91 Å². The minimum Gasteiger partial charge on any atom is -0.360 e. The first-order chi connectivity index (χ1) is 14.4. The van der Waals surface area contributed by atoms with Gasteiger partial charge in [-0.1, -0.05) is 48.5 Å². The first-order valence-electron chi connectivity index (χ1n) is 10.5. The number of rotatable bonds is 3. The lowest BCUT2D eigenvalue weighted by Crippen LogP contribution is -2.68. The van der Waals surface area contributed by atoms with Gasteiger partial charge in [0.1, 0.15) is 0 Å². The van der Waals surface area contributed by atoms with Crippen LogP contribution in [0.15, 0.2) is 60.8 Å². The summed E-state index contributed by atoms with van der Waals surface area (Å²) in [6, 6.07) is 18.2. The van der Waals surface area contributed by atoms with Gasteiger partial charge in [-0.15, -0.1) is 0 Å². The van der Waals surface area contributed by atoms with Crippen LogP contribution < -0.4 is 0 Å². The first kappa shape index (κ1) is 19.1. The number of H-pyrrole nitrogens is 1. The third kappa shape index (κ3) is 3.05. The van der Waals surface area contributed by atoms with Crippen molar-refractivity contribution in [3.63, 3.8) is 0 Å². The number of amides is 1. The zero-order valence-corrected chi connectivity index (χ0v) is 17.5. The maximum Gasteiger partial charge on any atom is 0.256 e. The van der Waals surface area contributed by atoms with Crippen LogP contribution in [0.2, 0.25) is 0 Å². The van der Waals surface area contributed by atoms with E-state index in [0.717, 1.165) is 17.4 Å². The number of para-hydroxylation sites is 1. The van der Waals surface area contributed by atoms with E-state index in [0.29, 0.717) is 37.5 Å². The van der Waals surface area contributed by atoms with Gasteiger partial charge >= 0.3 is 0 Å². The first-order valence-corrected chi connectivity index (χ1v) is 10.5. The third-order valence-corrected chi connectivity index (χ3v) is 6.68. The van der Waals surface area contributed by atoms with Crippen molar-refractivity contribution in [1.82, 2.24) is 14.8 Å². The summed E-state index contributed by atoms with van der Waals surface area (Å²) in [6.07, 6.45) is 1.80. The number of fused-ring (bicyclic) bond motifs is 3. The summed E-state index contributed by atoms with van der Waals surface area (Å²) in [7, 11) is 0. The van der Waals surface area contributed by atoms with Crippen molar-refractivity contribution in [1.29, 1.82) is 0 Å². The Labute approximate surface area is 176 Å². The normalized spacial score (nSPS) is 26.9. The summed E-state index contributed by atoms with van der Waals surface area (Å²) >= 11 is 0. The zero-order chi connectivity index (χ0) is 20.9. The van der Waals surface area contributed by atoms with Crippen molar-refractivity contribution >= 4 is 22.6 Å². The molecule has 2 fully saturated rings. The SMILES string of the molecule is C[C@@]12CN(Cc3ccccc3)C[C@](C)(CN(C(=O)c3c[nH]c4ccccc34)C1)C2=O. The molecule has 2 bridgehead atoms. The van der Waals surface area contributed by atoms with Crippen molar-refractivity contribution in [2.24, 2.45) is 10.8 Å². The van der Waals surface area contributed by atoms with E-state index in [-0.39, 0.29) is 5.91 Å². The van der Waals surface area contributed by atoms with Crippen LogP contribution in [0.3, 0.4) is 0 Å². The van der Waals surface area contributed by atoms with E-state index in [9.17, 15) is 9.59 Å². The number of hydrogen-bond donors (Lipinski definition) is 1. The number of hydrogen-bond acceptors (Lipinski definition) is 3. The van der Waals surface area contributed by atoms with E-state index < -0.39 is 10.8 Å². The maximum absolute atomic E-state index is 13.5. The van der Waals surface area contributed by atoms with Crippen molar-refractivity contribution in [2.45, 2.75) is 20.4 Å². The molecule has 2 atom stereocenters. The number of ketones is 1. The third-order valence-electron chi connectivity index (χ3n) is 6.68. The molecule has 154 valence electrons. The summed E-state index contributed by atoms with van der Waals surface area (Å²) in [5.41, 5.74) is 1.79. The summed E-state index contributed by atoms with van der Waals surface area (Å²) in [6.45, 7) is 7.16. The lowest BCUT2D eigenvalue weighted by atomic mass is 9.64. The molecule has 2 aromatic carbocycles. The van der Waals surface area contributed by atoms with Crippen LogP contribution in [0.5, 0.6) is 0 Å². The molecule has 0 spiro atoms. The molecule has 0 aliphatic carbocycles. The number of piperidine rings is 2. The fraction of sp³-hybridized carbons (Fsp3) is 0.360. The molecular weight excluding hydrogens is 374 g/mol. The summed E-state index contributed by atoms with van der Waals surface area (Å²) < 4.78 is 0. The quantitative estimate of drug-likeness (QED) is 0.728. The molecular formula is C25H27N3O2. The van der Waals surface area contributed by atoms with E-state index >= 15 is 0 Å². The van der Waals surface area contributed by atoms with Crippen LogP contribution in [0.1, 0.15) is 29.8 Å². The summed E-state index contributed by atoms with van der Waals surface area (Å²) in [5, 5.41) is 0.936. The number of carbonyl (C=O) groups is 2. The van der Waals surface area contributed by atoms with Crippen molar-refractivity contribution in [3.05, 3.63) is 71.9 Å². The van der Waals surface area contributed by atoms with E-state index in [1.807, 2.05) is 49.1 Å². The van der Waals surface area contributed by atoms with Gasteiger partial charge in [-0.3, -0.25) is 14.5 Å². The molecule has 0 saturated carbocycles. The van der Waals surface area contributed by atoms with Gasteiger partial charge in [-0.25, -0.2) is 0 Å². The Morgan fingerprint density at radius 1 is 0.933 bits per heavy atom. The molecule has 1 aromatic heterocycles. The lowest BCUT2D eigenvalue weighted by Gasteiger charge is -2.55. The molecule has 1 amide bonds. The van der Waals surface area contributed by atoms with E-state index in [1.54, 1.807) is 6.20 Å². The maximum atomic E-state index is 13.5. The van der Waals surface area contributed by atoms with Crippen LogP contribution in [0.4, 0.5) is 0 Å². The van der Waals surface area contributed by atoms with Crippen LogP contribution in [0.25, 0.3) is 10.9 Å². The zero-order valence-electron chi connectivity index (χ0n) is 17.5. The molecule has 0 unspecified atom stereocenters. The summed E-state index contributed by atoms with van der Waals surface area (Å²) in [4.78, 5) is 34.3. The molecule has 1 N–H and O–H groups in total. The fourth-order valence-corrected chi connectivity index (χ4v) is 5.57. The van der Waals surface area contributed by atoms with Gasteiger partial charge in [0.2, 0.25) is 0 Å². The number of carbonyl (C=O) groups excluding carboxylic acids is 2. The van der Waals surface area contributed by atoms with Crippen molar-refractivity contribution < 1.29 is 9.59 Å². The molecule has 30 heavy (non-hydrogen) atoms. The Kier molecular flexibility index (Phi) is 4.33. The number of Topliss-reactive ketones (excluding diaryl/α,β-unsaturated/α-hetero) is 1. The molecule has 2 saturated heterocycles. The minimum absolute atomic E-state index is 0.00825. The van der Waals surface area contributed by atoms with Gasteiger partial charge < -0.3 is 9.88 Å². The van der Waals surface area contributed by atoms with Crippen LogP contribution in [0, 0.1) is 10.8 Å². The lowest BCUT2D eigenvalue weighted by molar-refractivity contribution is -0.155. The molecule has 2 aliphatic rings. The highest BCUT2D eigenvalue weighted by Gasteiger charge is 2.56. The van der Waals surface area contributed by atoms with Gasteiger partial charge in [-0.05, 0) is 25.5 Å². The minimum atomic E-state index is -0.554. The second kappa shape index (κ2) is 6.81. The Balaban J connectivity index is 1.42. The topological polar surface area (TPSA) is 56.4 Å². The monoisotopic (exact) mass is 401 g/mol. The second-order valence-electron chi connectivity index (χ2n) is 9.49. The molecule has 0 radical (unpaired) electrons. The van der Waals surface area contributed by atoms with Gasteiger partial charge in [0, 0.05) is 49.8 Å². The highest BCUT2D eigenvalue weighted by atomic mass is 16.2. The Bertz CT molecular complexity index is 1100. The average Bonchev–Trinajstić information content (AvgIpc) is 3.15. The molecule has 3 heterocycles. The van der Waals surface area contributed by atoms with E-state index in [2.05, 4.69) is 34.1 Å². The number of aromatic amines is 1. The highest BCUT2D eigenvalue weighted by molar-refractivity contribution is 6.07. The van der Waals surface area contributed by atoms with Crippen LogP contribution >= 0.6 is 0 Å².